The van der Waals surface area contributed by atoms with Gasteiger partial charge in [-0.2, -0.15) is 0 Å². The Bertz CT molecular complexity index is 757. The van der Waals surface area contributed by atoms with Crippen LogP contribution in [0.3, 0.4) is 0 Å². The van der Waals surface area contributed by atoms with Crippen molar-refractivity contribution in [2.45, 2.75) is 18.3 Å². The molecule has 3 rings (SSSR count). The molecular weight excluding hydrogens is 334 g/mol. The zero-order valence-electron chi connectivity index (χ0n) is 12.9. The number of hydrogen-bond acceptors (Lipinski definition) is 7. The predicted octanol–water partition coefficient (Wildman–Crippen LogP) is 1.40. The molecule has 0 saturated carbocycles. The third-order valence-electron chi connectivity index (χ3n) is 3.37. The maximum atomic E-state index is 12.0. The third-order valence-corrected chi connectivity index (χ3v) is 4.17. The number of nitrogens with one attached hydrogen (secondary N) is 1. The van der Waals surface area contributed by atoms with E-state index in [-0.39, 0.29) is 12.3 Å². The number of carbonyl (C=O) groups is 3. The summed E-state index contributed by atoms with van der Waals surface area (Å²) in [5, 5.41) is 2.87. The Hall–Kier alpha value is -2.55. The molecule has 0 bridgehead atoms. The van der Waals surface area contributed by atoms with Gasteiger partial charge in [-0.15, -0.1) is 0 Å². The summed E-state index contributed by atoms with van der Waals surface area (Å²) in [7, 11) is 0. The first-order valence-electron chi connectivity index (χ1n) is 7.31. The van der Waals surface area contributed by atoms with Gasteiger partial charge in [0.2, 0.25) is 0 Å². The van der Waals surface area contributed by atoms with Crippen LogP contribution in [0.25, 0.3) is 11.1 Å². The maximum Gasteiger partial charge on any atom is 0.324 e. The van der Waals surface area contributed by atoms with Crippen LogP contribution in [-0.4, -0.2) is 52.7 Å². The van der Waals surface area contributed by atoms with E-state index in [1.807, 2.05) is 18.2 Å². The van der Waals surface area contributed by atoms with E-state index in [9.17, 15) is 14.4 Å². The molecule has 8 nitrogen and oxygen atoms in total. The lowest BCUT2D eigenvalue weighted by atomic mass is 10.3. The highest BCUT2D eigenvalue weighted by atomic mass is 32.2. The van der Waals surface area contributed by atoms with Gasteiger partial charge in [0.15, 0.2) is 11.7 Å². The number of fused-ring (bicyclic) bond motifs is 1. The molecule has 0 aliphatic carbocycles. The topological polar surface area (TPSA) is 102 Å². The Morgan fingerprint density at radius 1 is 1.46 bits per heavy atom. The standard InChI is InChI=1S/C15H15N3O5S/c1-9(13(20)18-7-6-16-14(18)21)22-12(19)8-24-15-17-10-4-2-3-5-11(10)23-15/h2-5,9H,6-8H2,1H3,(H,16,21)/t9-/m0/s1. The van der Waals surface area contributed by atoms with Crippen LogP contribution in [-0.2, 0) is 14.3 Å². The molecule has 1 aromatic carbocycles. The van der Waals surface area contributed by atoms with E-state index >= 15 is 0 Å². The Kier molecular flexibility index (Phi) is 4.70. The highest BCUT2D eigenvalue weighted by molar-refractivity contribution is 7.99. The van der Waals surface area contributed by atoms with Crippen molar-refractivity contribution < 1.29 is 23.5 Å². The summed E-state index contributed by atoms with van der Waals surface area (Å²) in [5.74, 6) is -1.16. The number of ether oxygens (including phenoxy) is 1. The second-order valence-electron chi connectivity index (χ2n) is 5.09. The number of thioether (sulfide) groups is 1. The molecule has 0 unspecified atom stereocenters. The third kappa shape index (κ3) is 3.51. The van der Waals surface area contributed by atoms with Crippen molar-refractivity contribution in [3.63, 3.8) is 0 Å². The van der Waals surface area contributed by atoms with E-state index < -0.39 is 24.0 Å². The van der Waals surface area contributed by atoms with Gasteiger partial charge in [0, 0.05) is 13.1 Å². The molecule has 1 saturated heterocycles. The second kappa shape index (κ2) is 6.91. The summed E-state index contributed by atoms with van der Waals surface area (Å²) >= 11 is 1.08. The van der Waals surface area contributed by atoms with Crippen molar-refractivity contribution in [2.75, 3.05) is 18.8 Å². The van der Waals surface area contributed by atoms with Gasteiger partial charge < -0.3 is 14.5 Å². The highest BCUT2D eigenvalue weighted by Gasteiger charge is 2.31. The molecule has 3 amide bonds. The fourth-order valence-electron chi connectivity index (χ4n) is 2.22. The summed E-state index contributed by atoms with van der Waals surface area (Å²) in [5.41, 5.74) is 1.34. The minimum atomic E-state index is -1.02. The highest BCUT2D eigenvalue weighted by Crippen LogP contribution is 2.23. The molecule has 1 aliphatic heterocycles. The van der Waals surface area contributed by atoms with Crippen molar-refractivity contribution in [3.05, 3.63) is 24.3 Å². The van der Waals surface area contributed by atoms with E-state index in [1.54, 1.807) is 6.07 Å². The average molecular weight is 349 g/mol. The molecule has 0 spiro atoms. The van der Waals surface area contributed by atoms with Crippen LogP contribution in [0.1, 0.15) is 6.92 Å². The number of oxazole rings is 1. The molecular formula is C15H15N3O5S. The lowest BCUT2D eigenvalue weighted by molar-refractivity contribution is -0.155. The van der Waals surface area contributed by atoms with E-state index in [0.29, 0.717) is 22.9 Å². The van der Waals surface area contributed by atoms with Gasteiger partial charge in [-0.3, -0.25) is 14.5 Å². The number of carbonyl (C=O) groups excluding carboxylic acids is 3. The first kappa shape index (κ1) is 16.3. The average Bonchev–Trinajstić information content (AvgIpc) is 3.17. The molecule has 1 aromatic heterocycles. The van der Waals surface area contributed by atoms with Crippen molar-refractivity contribution in [3.8, 4) is 0 Å². The maximum absolute atomic E-state index is 12.0. The van der Waals surface area contributed by atoms with Gasteiger partial charge >= 0.3 is 12.0 Å². The second-order valence-corrected chi connectivity index (χ2v) is 6.02. The number of urea groups is 1. The number of nitrogens with zero attached hydrogens (tertiary/aromatic N) is 2. The first-order chi connectivity index (χ1) is 11.5. The number of imide groups is 1. The molecule has 1 aliphatic rings. The van der Waals surface area contributed by atoms with Crippen molar-refractivity contribution in [1.29, 1.82) is 0 Å². The Morgan fingerprint density at radius 2 is 2.25 bits per heavy atom. The molecule has 2 heterocycles. The summed E-state index contributed by atoms with van der Waals surface area (Å²) < 4.78 is 10.6. The molecule has 24 heavy (non-hydrogen) atoms. The van der Waals surface area contributed by atoms with Gasteiger partial charge in [-0.1, -0.05) is 23.9 Å². The Balaban J connectivity index is 1.51. The number of amides is 3. The van der Waals surface area contributed by atoms with Crippen LogP contribution in [0.5, 0.6) is 0 Å². The minimum absolute atomic E-state index is 0.0450. The van der Waals surface area contributed by atoms with Gasteiger partial charge in [0.05, 0.1) is 0 Å². The van der Waals surface area contributed by atoms with Crippen LogP contribution >= 0.6 is 11.8 Å². The van der Waals surface area contributed by atoms with E-state index in [4.69, 9.17) is 9.15 Å². The lowest BCUT2D eigenvalue weighted by Crippen LogP contribution is -2.42. The summed E-state index contributed by atoms with van der Waals surface area (Å²) in [6.07, 6.45) is -1.02. The largest absolute Gasteiger partial charge is 0.452 e. The van der Waals surface area contributed by atoms with E-state index in [0.717, 1.165) is 16.7 Å². The van der Waals surface area contributed by atoms with Crippen LogP contribution < -0.4 is 5.32 Å². The van der Waals surface area contributed by atoms with Gasteiger partial charge in [0.25, 0.3) is 11.1 Å². The van der Waals surface area contributed by atoms with E-state index in [2.05, 4.69) is 10.3 Å². The summed E-state index contributed by atoms with van der Waals surface area (Å²) in [6.45, 7) is 2.12. The molecule has 126 valence electrons. The Labute approximate surface area is 141 Å². The SMILES string of the molecule is C[C@H](OC(=O)CSc1nc2ccccc2o1)C(=O)N1CCNC1=O. The summed E-state index contributed by atoms with van der Waals surface area (Å²) in [6, 6.07) is 6.80. The number of aromatic nitrogens is 1. The van der Waals surface area contributed by atoms with Gasteiger partial charge in [-0.05, 0) is 19.1 Å². The molecule has 1 N–H and O–H groups in total. The zero-order valence-corrected chi connectivity index (χ0v) is 13.7. The molecule has 0 radical (unpaired) electrons. The van der Waals surface area contributed by atoms with Crippen molar-refractivity contribution in [2.24, 2.45) is 0 Å². The molecule has 2 aromatic rings. The zero-order chi connectivity index (χ0) is 17.1. The number of para-hydroxylation sites is 2. The predicted molar refractivity (Wildman–Crippen MR) is 85.4 cm³/mol. The van der Waals surface area contributed by atoms with Gasteiger partial charge in [0.1, 0.15) is 11.3 Å². The minimum Gasteiger partial charge on any atom is -0.452 e. The Morgan fingerprint density at radius 3 is 2.96 bits per heavy atom. The fraction of sp³-hybridized carbons (Fsp3) is 0.333. The van der Waals surface area contributed by atoms with Crippen LogP contribution in [0.15, 0.2) is 33.9 Å². The normalized spacial score (nSPS) is 15.4. The molecule has 9 heteroatoms. The fourth-order valence-corrected chi connectivity index (χ4v) is 2.84. The van der Waals surface area contributed by atoms with Crippen LogP contribution in [0.4, 0.5) is 4.79 Å². The lowest BCUT2D eigenvalue weighted by Gasteiger charge is -2.17. The van der Waals surface area contributed by atoms with Crippen molar-refractivity contribution >= 4 is 40.8 Å². The number of hydrogen-bond donors (Lipinski definition) is 1. The monoisotopic (exact) mass is 349 g/mol. The quantitative estimate of drug-likeness (QED) is 0.643. The van der Waals surface area contributed by atoms with Gasteiger partial charge in [-0.25, -0.2) is 9.78 Å². The van der Waals surface area contributed by atoms with Crippen molar-refractivity contribution in [1.82, 2.24) is 15.2 Å². The summed E-state index contributed by atoms with van der Waals surface area (Å²) in [4.78, 5) is 40.6. The number of rotatable bonds is 5. The van der Waals surface area contributed by atoms with Crippen LogP contribution in [0, 0.1) is 0 Å². The number of benzene rings is 1. The smallest absolute Gasteiger partial charge is 0.324 e. The van der Waals surface area contributed by atoms with Crippen LogP contribution in [0.2, 0.25) is 0 Å². The molecule has 1 atom stereocenters. The molecule has 1 fully saturated rings. The number of esters is 1. The first-order valence-corrected chi connectivity index (χ1v) is 8.30. The van der Waals surface area contributed by atoms with E-state index in [1.165, 1.54) is 6.92 Å².